The number of hydrogen-bond acceptors (Lipinski definition) is 3. The van der Waals surface area contributed by atoms with E-state index >= 15 is 0 Å². The molecule has 0 atom stereocenters. The maximum Gasteiger partial charge on any atom is 0.132 e. The molecule has 0 saturated carbocycles. The van der Waals surface area contributed by atoms with Gasteiger partial charge in [-0.2, -0.15) is 0 Å². The molecular formula is C14H14BrN3. The van der Waals surface area contributed by atoms with Gasteiger partial charge in [-0.15, -0.1) is 0 Å². The number of benzene rings is 1. The van der Waals surface area contributed by atoms with Gasteiger partial charge in [-0.1, -0.05) is 12.1 Å². The number of halogens is 1. The summed E-state index contributed by atoms with van der Waals surface area (Å²) in [5.41, 5.74) is 10.6. The van der Waals surface area contributed by atoms with Gasteiger partial charge >= 0.3 is 0 Å². The fourth-order valence-electron chi connectivity index (χ4n) is 2.46. The van der Waals surface area contributed by atoms with Crippen LogP contribution >= 0.6 is 15.9 Å². The number of nitrogen functional groups attached to an aromatic ring is 1. The molecule has 0 fully saturated rings. The zero-order valence-electron chi connectivity index (χ0n) is 10.2. The van der Waals surface area contributed by atoms with E-state index in [-0.39, 0.29) is 0 Å². The van der Waals surface area contributed by atoms with Crippen LogP contribution in [0.1, 0.15) is 16.7 Å². The van der Waals surface area contributed by atoms with E-state index in [9.17, 15) is 0 Å². The normalized spacial score (nSPS) is 13.8. The minimum absolute atomic E-state index is 0.845. The zero-order chi connectivity index (χ0) is 12.7. The van der Waals surface area contributed by atoms with Crippen molar-refractivity contribution in [3.8, 4) is 0 Å². The van der Waals surface area contributed by atoms with Crippen LogP contribution in [0.15, 0.2) is 34.9 Å². The molecule has 3 nitrogen and oxygen atoms in total. The summed E-state index contributed by atoms with van der Waals surface area (Å²) in [5.74, 6) is 1.04. The topological polar surface area (TPSA) is 42.2 Å². The van der Waals surface area contributed by atoms with Gasteiger partial charge < -0.3 is 10.6 Å². The zero-order valence-corrected chi connectivity index (χ0v) is 11.7. The Morgan fingerprint density at radius 1 is 1.33 bits per heavy atom. The molecule has 0 bridgehead atoms. The van der Waals surface area contributed by atoms with Crippen LogP contribution in [-0.4, -0.2) is 4.98 Å². The first-order valence-corrected chi connectivity index (χ1v) is 6.68. The number of rotatable bonds is 1. The van der Waals surface area contributed by atoms with Crippen LogP contribution in [0.5, 0.6) is 0 Å². The van der Waals surface area contributed by atoms with Crippen LogP contribution in [0.4, 0.5) is 11.5 Å². The second kappa shape index (κ2) is 4.28. The summed E-state index contributed by atoms with van der Waals surface area (Å²) in [6, 6.07) is 8.21. The van der Waals surface area contributed by atoms with Crippen molar-refractivity contribution >= 4 is 27.4 Å². The molecule has 0 aliphatic carbocycles. The maximum atomic E-state index is 6.02. The molecule has 2 N–H and O–H groups in total. The first-order chi connectivity index (χ1) is 8.65. The predicted octanol–water partition coefficient (Wildman–Crippen LogP) is 3.25. The van der Waals surface area contributed by atoms with Crippen LogP contribution < -0.4 is 10.6 Å². The summed E-state index contributed by atoms with van der Waals surface area (Å²) in [5, 5.41) is 0. The SMILES string of the molecule is Cc1cc(Br)cnc1N1Cc2cccc(N)c2C1. The van der Waals surface area contributed by atoms with E-state index in [1.165, 1.54) is 16.7 Å². The average Bonchev–Trinajstić information content (AvgIpc) is 2.74. The fraction of sp³-hybridized carbons (Fsp3) is 0.214. The van der Waals surface area contributed by atoms with Gasteiger partial charge in [0, 0.05) is 29.4 Å². The largest absolute Gasteiger partial charge is 0.398 e. The van der Waals surface area contributed by atoms with E-state index in [1.54, 1.807) is 0 Å². The molecular weight excluding hydrogens is 290 g/mol. The molecule has 0 saturated heterocycles. The number of anilines is 2. The summed E-state index contributed by atoms with van der Waals surface area (Å²) in [7, 11) is 0. The number of aryl methyl sites for hydroxylation is 1. The Labute approximate surface area is 115 Å². The highest BCUT2D eigenvalue weighted by atomic mass is 79.9. The minimum atomic E-state index is 0.845. The molecule has 4 heteroatoms. The molecule has 2 aromatic rings. The highest BCUT2D eigenvalue weighted by molar-refractivity contribution is 9.10. The lowest BCUT2D eigenvalue weighted by Crippen LogP contribution is -2.17. The van der Waals surface area contributed by atoms with Crippen LogP contribution in [0.3, 0.4) is 0 Å². The predicted molar refractivity (Wildman–Crippen MR) is 77.4 cm³/mol. The van der Waals surface area contributed by atoms with Crippen molar-refractivity contribution < 1.29 is 0 Å². The average molecular weight is 304 g/mol. The van der Waals surface area contributed by atoms with E-state index in [4.69, 9.17) is 5.73 Å². The fourth-order valence-corrected chi connectivity index (χ4v) is 2.91. The second-order valence-corrected chi connectivity index (χ2v) is 5.55. The van der Waals surface area contributed by atoms with Gasteiger partial charge in [0.1, 0.15) is 5.82 Å². The third kappa shape index (κ3) is 1.86. The molecule has 0 unspecified atom stereocenters. The molecule has 92 valence electrons. The molecule has 0 amide bonds. The second-order valence-electron chi connectivity index (χ2n) is 4.64. The van der Waals surface area contributed by atoms with E-state index in [1.807, 2.05) is 18.3 Å². The smallest absolute Gasteiger partial charge is 0.132 e. The lowest BCUT2D eigenvalue weighted by molar-refractivity contribution is 0.850. The van der Waals surface area contributed by atoms with Crippen molar-refractivity contribution in [2.24, 2.45) is 0 Å². The monoisotopic (exact) mass is 303 g/mol. The van der Waals surface area contributed by atoms with Crippen LogP contribution in [-0.2, 0) is 13.1 Å². The van der Waals surface area contributed by atoms with Gasteiger partial charge in [-0.05, 0) is 51.7 Å². The van der Waals surface area contributed by atoms with Crippen molar-refractivity contribution in [1.82, 2.24) is 4.98 Å². The number of fused-ring (bicyclic) bond motifs is 1. The molecule has 1 aromatic heterocycles. The standard InChI is InChI=1S/C14H14BrN3/c1-9-5-11(15)6-17-14(9)18-7-10-3-2-4-13(16)12(10)8-18/h2-6H,7-8,16H2,1H3. The first-order valence-electron chi connectivity index (χ1n) is 5.88. The molecule has 0 radical (unpaired) electrons. The van der Waals surface area contributed by atoms with Gasteiger partial charge in [0.05, 0.1) is 0 Å². The van der Waals surface area contributed by atoms with E-state index in [0.29, 0.717) is 0 Å². The van der Waals surface area contributed by atoms with Crippen molar-refractivity contribution in [3.05, 3.63) is 51.6 Å². The van der Waals surface area contributed by atoms with Crippen molar-refractivity contribution in [2.75, 3.05) is 10.6 Å². The summed E-state index contributed by atoms with van der Waals surface area (Å²) >= 11 is 3.44. The quantitative estimate of drug-likeness (QED) is 0.822. The summed E-state index contributed by atoms with van der Waals surface area (Å²) in [6.07, 6.45) is 1.84. The molecule has 2 heterocycles. The van der Waals surface area contributed by atoms with Crippen molar-refractivity contribution in [1.29, 1.82) is 0 Å². The van der Waals surface area contributed by atoms with Crippen molar-refractivity contribution in [2.45, 2.75) is 20.0 Å². The van der Waals surface area contributed by atoms with Crippen LogP contribution in [0.2, 0.25) is 0 Å². The van der Waals surface area contributed by atoms with Gasteiger partial charge in [0.25, 0.3) is 0 Å². The van der Waals surface area contributed by atoms with E-state index < -0.39 is 0 Å². The Morgan fingerprint density at radius 2 is 2.17 bits per heavy atom. The van der Waals surface area contributed by atoms with E-state index in [2.05, 4.69) is 44.9 Å². The lowest BCUT2D eigenvalue weighted by Gasteiger charge is -2.18. The summed E-state index contributed by atoms with van der Waals surface area (Å²) < 4.78 is 1.01. The molecule has 1 aromatic carbocycles. The Balaban J connectivity index is 1.96. The van der Waals surface area contributed by atoms with E-state index in [0.717, 1.165) is 29.1 Å². The van der Waals surface area contributed by atoms with Gasteiger partial charge in [-0.3, -0.25) is 0 Å². The third-order valence-corrected chi connectivity index (χ3v) is 3.77. The first kappa shape index (κ1) is 11.5. The van der Waals surface area contributed by atoms with Gasteiger partial charge in [0.2, 0.25) is 0 Å². The molecule has 1 aliphatic rings. The maximum absolute atomic E-state index is 6.02. The number of hydrogen-bond donors (Lipinski definition) is 1. The minimum Gasteiger partial charge on any atom is -0.398 e. The van der Waals surface area contributed by atoms with Crippen LogP contribution in [0.25, 0.3) is 0 Å². The number of pyridine rings is 1. The summed E-state index contributed by atoms with van der Waals surface area (Å²) in [6.45, 7) is 3.81. The molecule has 18 heavy (non-hydrogen) atoms. The number of nitrogens with zero attached hydrogens (tertiary/aromatic N) is 2. The summed E-state index contributed by atoms with van der Waals surface area (Å²) in [4.78, 5) is 6.78. The Kier molecular flexibility index (Phi) is 2.74. The lowest BCUT2D eigenvalue weighted by atomic mass is 10.1. The van der Waals surface area contributed by atoms with Gasteiger partial charge in [-0.25, -0.2) is 4.98 Å². The van der Waals surface area contributed by atoms with Gasteiger partial charge in [0.15, 0.2) is 0 Å². The Bertz CT molecular complexity index is 610. The van der Waals surface area contributed by atoms with Crippen LogP contribution in [0, 0.1) is 6.92 Å². The highest BCUT2D eigenvalue weighted by Gasteiger charge is 2.22. The third-order valence-electron chi connectivity index (χ3n) is 3.34. The highest BCUT2D eigenvalue weighted by Crippen LogP contribution is 2.32. The number of nitrogens with two attached hydrogens (primary N) is 1. The van der Waals surface area contributed by atoms with Crippen molar-refractivity contribution in [3.63, 3.8) is 0 Å². The molecule has 0 spiro atoms. The molecule has 3 rings (SSSR count). The number of aromatic nitrogens is 1. The molecule has 1 aliphatic heterocycles. The Morgan fingerprint density at radius 3 is 2.89 bits per heavy atom. The Hall–Kier alpha value is -1.55.